The van der Waals surface area contributed by atoms with Gasteiger partial charge in [0.25, 0.3) is 0 Å². The summed E-state index contributed by atoms with van der Waals surface area (Å²) in [6.45, 7) is 12.1. The van der Waals surface area contributed by atoms with Gasteiger partial charge in [0.1, 0.15) is 0 Å². The first-order valence-electron chi connectivity index (χ1n) is 20.8. The van der Waals surface area contributed by atoms with Gasteiger partial charge in [-0.15, -0.1) is 0 Å². The lowest BCUT2D eigenvalue weighted by molar-refractivity contribution is 0.234. The molecule has 1 atom stereocenters. The van der Waals surface area contributed by atoms with Crippen LogP contribution in [0.1, 0.15) is 52.2 Å². The molecule has 11 rings (SSSR count). The molecule has 3 heterocycles. The Labute approximate surface area is 344 Å². The highest BCUT2D eigenvalue weighted by Crippen LogP contribution is 2.52. The molecule has 5 heteroatoms. The highest BCUT2D eigenvalue weighted by molar-refractivity contribution is 6.23. The second-order valence-corrected chi connectivity index (χ2v) is 17.6. The van der Waals surface area contributed by atoms with E-state index in [1.54, 1.807) is 0 Å². The van der Waals surface area contributed by atoms with Crippen molar-refractivity contribution in [2.75, 3.05) is 0 Å². The van der Waals surface area contributed by atoms with Crippen molar-refractivity contribution < 1.29 is 0 Å². The Bertz CT molecular complexity index is 3200. The second-order valence-electron chi connectivity index (χ2n) is 17.6. The first-order valence-corrected chi connectivity index (χ1v) is 20.8. The van der Waals surface area contributed by atoms with Gasteiger partial charge >= 0.3 is 0 Å². The minimum Gasteiger partial charge on any atom is -0.307 e. The molecule has 0 fully saturated rings. The van der Waals surface area contributed by atoms with Gasteiger partial charge in [0.2, 0.25) is 5.95 Å². The van der Waals surface area contributed by atoms with E-state index in [1.165, 1.54) is 33.0 Å². The van der Waals surface area contributed by atoms with Gasteiger partial charge in [0.15, 0.2) is 11.6 Å². The lowest BCUT2D eigenvalue weighted by Gasteiger charge is -2.47. The van der Waals surface area contributed by atoms with Gasteiger partial charge in [0, 0.05) is 38.4 Å². The van der Waals surface area contributed by atoms with Gasteiger partial charge in [-0.1, -0.05) is 174 Å². The Morgan fingerprint density at radius 1 is 0.492 bits per heavy atom. The average Bonchev–Trinajstić information content (AvgIpc) is 3.79. The molecular weight excluding hydrogens is 719 g/mol. The van der Waals surface area contributed by atoms with Gasteiger partial charge in [-0.05, 0) is 69.7 Å². The molecule has 0 N–H and O–H groups in total. The van der Waals surface area contributed by atoms with Crippen LogP contribution in [0.3, 0.4) is 0 Å². The zero-order valence-corrected chi connectivity index (χ0v) is 34.1. The molecule has 0 bridgehead atoms. The number of rotatable bonds is 5. The third-order valence-electron chi connectivity index (χ3n) is 13.3. The van der Waals surface area contributed by atoms with E-state index in [1.807, 2.05) is 36.4 Å². The van der Waals surface area contributed by atoms with Crippen molar-refractivity contribution in [2.24, 2.45) is 5.92 Å². The number of para-hydroxylation sites is 2. The van der Waals surface area contributed by atoms with Gasteiger partial charge in [-0.25, -0.2) is 4.98 Å². The number of aromatic nitrogens is 5. The van der Waals surface area contributed by atoms with Crippen LogP contribution < -0.4 is 0 Å². The fourth-order valence-electron chi connectivity index (χ4n) is 10.1. The number of hydrogen-bond donors (Lipinski definition) is 0. The van der Waals surface area contributed by atoms with Crippen LogP contribution in [-0.4, -0.2) is 24.1 Å². The third-order valence-corrected chi connectivity index (χ3v) is 13.3. The summed E-state index contributed by atoms with van der Waals surface area (Å²) in [6, 6.07) is 58.6. The first kappa shape index (κ1) is 35.3. The Hall–Kier alpha value is -6.85. The molecule has 0 radical (unpaired) electrons. The Kier molecular flexibility index (Phi) is 7.83. The lowest BCUT2D eigenvalue weighted by Crippen LogP contribution is -2.40. The number of fused-ring (bicyclic) bond motifs is 8. The van der Waals surface area contributed by atoms with E-state index in [0.29, 0.717) is 23.5 Å². The van der Waals surface area contributed by atoms with Crippen LogP contribution in [0.5, 0.6) is 0 Å². The molecule has 1 aliphatic rings. The fourth-order valence-corrected chi connectivity index (χ4v) is 10.1. The summed E-state index contributed by atoms with van der Waals surface area (Å²) in [7, 11) is 0. The first-order chi connectivity index (χ1) is 28.7. The van der Waals surface area contributed by atoms with Crippen molar-refractivity contribution in [1.29, 1.82) is 0 Å². The summed E-state index contributed by atoms with van der Waals surface area (Å²) in [5, 5.41) is 4.67. The van der Waals surface area contributed by atoms with Crippen molar-refractivity contribution in [2.45, 2.75) is 51.9 Å². The fraction of sp³-hybridized carbons (Fsp3) is 0.167. The zero-order valence-electron chi connectivity index (χ0n) is 34.1. The summed E-state index contributed by atoms with van der Waals surface area (Å²) < 4.78 is 4.74. The predicted molar refractivity (Wildman–Crippen MR) is 245 cm³/mol. The van der Waals surface area contributed by atoms with Gasteiger partial charge in [0.05, 0.1) is 22.1 Å². The van der Waals surface area contributed by atoms with E-state index in [9.17, 15) is 0 Å². The van der Waals surface area contributed by atoms with Crippen LogP contribution in [0.4, 0.5) is 0 Å². The maximum atomic E-state index is 5.29. The molecule has 1 unspecified atom stereocenters. The quantitative estimate of drug-likeness (QED) is 0.175. The molecule has 5 nitrogen and oxygen atoms in total. The van der Waals surface area contributed by atoms with Crippen molar-refractivity contribution in [3.63, 3.8) is 0 Å². The van der Waals surface area contributed by atoms with E-state index in [-0.39, 0.29) is 10.8 Å². The Balaban J connectivity index is 1.23. The Morgan fingerprint density at radius 3 is 1.64 bits per heavy atom. The highest BCUT2D eigenvalue weighted by atomic mass is 15.2. The van der Waals surface area contributed by atoms with Crippen LogP contribution in [0.15, 0.2) is 164 Å². The normalized spacial score (nSPS) is 15.9. The molecule has 0 spiro atoms. The van der Waals surface area contributed by atoms with Gasteiger partial charge in [-0.3, -0.25) is 4.57 Å². The SMILES string of the molecule is CC1CC(C)(C)c2c(-c3cccc(-n4c5ccccc5c5ccc6c7ccccc7n(-c7nc(-c8ccccc8)nc(-c8ccccc8)n7)c6c54)c3)cccc2C1(C)C. The minimum atomic E-state index is 0.0402. The maximum absolute atomic E-state index is 5.29. The van der Waals surface area contributed by atoms with Crippen LogP contribution in [0.25, 0.3) is 89.2 Å². The molecule has 286 valence electrons. The predicted octanol–water partition coefficient (Wildman–Crippen LogP) is 13.7. The zero-order chi connectivity index (χ0) is 40.0. The van der Waals surface area contributed by atoms with Crippen molar-refractivity contribution in [3.8, 4) is 45.5 Å². The van der Waals surface area contributed by atoms with Crippen molar-refractivity contribution in [1.82, 2.24) is 24.1 Å². The molecule has 59 heavy (non-hydrogen) atoms. The summed E-state index contributed by atoms with van der Waals surface area (Å²) in [4.78, 5) is 15.6. The monoisotopic (exact) mass is 763 g/mol. The third kappa shape index (κ3) is 5.41. The standard InChI is InChI=1S/C54H45N5/c1-34-33-53(2,3)47-39(26-17-27-44(47)54(34,4)5)37-22-16-23-38(32-37)58-45-28-14-12-24-40(45)42-30-31-43-41-25-13-15-29-46(41)59(49(43)48(42)58)52-56-50(35-18-8-6-9-19-35)55-51(57-52)36-20-10-7-11-21-36/h6-32,34H,33H2,1-5H3. The minimum absolute atomic E-state index is 0.0402. The van der Waals surface area contributed by atoms with Gasteiger partial charge in [-0.2, -0.15) is 9.97 Å². The van der Waals surface area contributed by atoms with Crippen LogP contribution >= 0.6 is 0 Å². The second kappa shape index (κ2) is 13.1. The lowest BCUT2D eigenvalue weighted by atomic mass is 9.57. The summed E-state index contributed by atoms with van der Waals surface area (Å²) in [5.41, 5.74) is 13.0. The van der Waals surface area contributed by atoms with E-state index < -0.39 is 0 Å². The number of hydrogen-bond acceptors (Lipinski definition) is 3. The molecular formula is C54H45N5. The summed E-state index contributed by atoms with van der Waals surface area (Å²) >= 11 is 0. The van der Waals surface area contributed by atoms with E-state index in [4.69, 9.17) is 15.0 Å². The topological polar surface area (TPSA) is 48.5 Å². The van der Waals surface area contributed by atoms with Crippen LogP contribution in [0, 0.1) is 5.92 Å². The number of nitrogens with zero attached hydrogens (tertiary/aromatic N) is 5. The maximum Gasteiger partial charge on any atom is 0.238 e. The Morgan fingerprint density at radius 2 is 1.02 bits per heavy atom. The molecule has 0 saturated heterocycles. The molecule has 10 aromatic rings. The highest BCUT2D eigenvalue weighted by Gasteiger charge is 2.43. The number of benzene rings is 7. The van der Waals surface area contributed by atoms with E-state index in [0.717, 1.165) is 56.1 Å². The smallest absolute Gasteiger partial charge is 0.238 e. The molecule has 1 aliphatic carbocycles. The van der Waals surface area contributed by atoms with Crippen LogP contribution in [-0.2, 0) is 10.8 Å². The van der Waals surface area contributed by atoms with Crippen molar-refractivity contribution >= 4 is 43.6 Å². The van der Waals surface area contributed by atoms with Crippen molar-refractivity contribution in [3.05, 3.63) is 175 Å². The molecule has 0 saturated carbocycles. The van der Waals surface area contributed by atoms with Crippen LogP contribution in [0.2, 0.25) is 0 Å². The van der Waals surface area contributed by atoms with Gasteiger partial charge < -0.3 is 4.57 Å². The average molecular weight is 764 g/mol. The largest absolute Gasteiger partial charge is 0.307 e. The summed E-state index contributed by atoms with van der Waals surface area (Å²) in [5.74, 6) is 2.42. The van der Waals surface area contributed by atoms with E-state index in [2.05, 4.69) is 171 Å². The molecule has 0 aliphatic heterocycles. The van der Waals surface area contributed by atoms with E-state index >= 15 is 0 Å². The summed E-state index contributed by atoms with van der Waals surface area (Å²) in [6.07, 6.45) is 1.15. The molecule has 0 amide bonds. The molecule has 3 aromatic heterocycles. The molecule has 7 aromatic carbocycles.